The first kappa shape index (κ1) is 18.2. The van der Waals surface area contributed by atoms with Crippen molar-refractivity contribution in [1.29, 1.82) is 0 Å². The number of nitrogens with one attached hydrogen (secondary N) is 1. The van der Waals surface area contributed by atoms with Crippen molar-refractivity contribution in [3.8, 4) is 0 Å². The van der Waals surface area contributed by atoms with Crippen LogP contribution in [0.3, 0.4) is 0 Å². The summed E-state index contributed by atoms with van der Waals surface area (Å²) in [4.78, 5) is 19.0. The Morgan fingerprint density at radius 2 is 2.00 bits per heavy atom. The lowest BCUT2D eigenvalue weighted by molar-refractivity contribution is 0.0989. The van der Waals surface area contributed by atoms with Crippen molar-refractivity contribution in [3.63, 3.8) is 0 Å². The molecule has 3 aromatic rings. The van der Waals surface area contributed by atoms with Gasteiger partial charge in [-0.2, -0.15) is 0 Å². The van der Waals surface area contributed by atoms with E-state index in [1.807, 2.05) is 31.2 Å². The molecule has 1 aliphatic heterocycles. The number of amides is 1. The third kappa shape index (κ3) is 3.48. The molecule has 0 aliphatic carbocycles. The standard InChI is InChI=1S/C23H22FN3O/c1-15-7-8-18(13-20(15)24)16(2)26-22-10-9-19(14-25-22)23(28)27-12-11-17-5-3-4-6-21(17)27/h3-10,13-14,16H,11-12H2,1-2H3,(H,25,26). The molecule has 0 saturated heterocycles. The third-order valence-corrected chi connectivity index (χ3v) is 5.20. The first-order valence-corrected chi connectivity index (χ1v) is 9.41. The molecule has 28 heavy (non-hydrogen) atoms. The number of benzene rings is 2. The van der Waals surface area contributed by atoms with Crippen molar-refractivity contribution >= 4 is 17.4 Å². The Hall–Kier alpha value is -3.21. The zero-order valence-corrected chi connectivity index (χ0v) is 15.9. The highest BCUT2D eigenvalue weighted by Gasteiger charge is 2.25. The second kappa shape index (κ2) is 7.43. The molecule has 1 unspecified atom stereocenters. The smallest absolute Gasteiger partial charge is 0.259 e. The van der Waals surface area contributed by atoms with Crippen LogP contribution in [0.25, 0.3) is 0 Å². The maximum Gasteiger partial charge on any atom is 0.259 e. The number of anilines is 2. The molecule has 0 spiro atoms. The van der Waals surface area contributed by atoms with Gasteiger partial charge in [-0.1, -0.05) is 30.3 Å². The molecule has 1 N–H and O–H groups in total. The van der Waals surface area contributed by atoms with Gasteiger partial charge in [0.2, 0.25) is 0 Å². The predicted octanol–water partition coefficient (Wildman–Crippen LogP) is 4.91. The molecule has 1 amide bonds. The summed E-state index contributed by atoms with van der Waals surface area (Å²) in [7, 11) is 0. The van der Waals surface area contributed by atoms with E-state index in [1.54, 1.807) is 36.2 Å². The molecule has 5 heteroatoms. The van der Waals surface area contributed by atoms with Crippen LogP contribution in [-0.4, -0.2) is 17.4 Å². The molecule has 1 aromatic heterocycles. The number of aryl methyl sites for hydroxylation is 1. The van der Waals surface area contributed by atoms with Crippen molar-refractivity contribution in [3.05, 3.63) is 88.9 Å². The van der Waals surface area contributed by atoms with Crippen LogP contribution in [0.5, 0.6) is 0 Å². The van der Waals surface area contributed by atoms with Crippen LogP contribution in [-0.2, 0) is 6.42 Å². The Labute approximate surface area is 164 Å². The molecular weight excluding hydrogens is 353 g/mol. The highest BCUT2D eigenvalue weighted by atomic mass is 19.1. The van der Waals surface area contributed by atoms with Crippen molar-refractivity contribution in [2.45, 2.75) is 26.3 Å². The van der Waals surface area contributed by atoms with E-state index in [0.717, 1.165) is 17.7 Å². The first-order chi connectivity index (χ1) is 13.5. The van der Waals surface area contributed by atoms with E-state index in [1.165, 1.54) is 11.6 Å². The Morgan fingerprint density at radius 1 is 1.18 bits per heavy atom. The lowest BCUT2D eigenvalue weighted by Gasteiger charge is -2.18. The maximum atomic E-state index is 13.8. The first-order valence-electron chi connectivity index (χ1n) is 9.41. The SMILES string of the molecule is Cc1ccc(C(C)Nc2ccc(C(=O)N3CCc4ccccc43)cn2)cc1F. The molecule has 4 nitrogen and oxygen atoms in total. The summed E-state index contributed by atoms with van der Waals surface area (Å²) in [5.41, 5.74) is 4.20. The Balaban J connectivity index is 1.47. The van der Waals surface area contributed by atoms with Crippen molar-refractivity contribution < 1.29 is 9.18 Å². The molecule has 0 bridgehead atoms. The topological polar surface area (TPSA) is 45.2 Å². The van der Waals surface area contributed by atoms with Crippen LogP contribution in [0.4, 0.5) is 15.9 Å². The molecule has 1 aliphatic rings. The zero-order chi connectivity index (χ0) is 19.7. The maximum absolute atomic E-state index is 13.8. The summed E-state index contributed by atoms with van der Waals surface area (Å²) in [5.74, 6) is 0.385. The van der Waals surface area contributed by atoms with Gasteiger partial charge in [-0.25, -0.2) is 9.37 Å². The molecular formula is C23H22FN3O. The third-order valence-electron chi connectivity index (χ3n) is 5.20. The van der Waals surface area contributed by atoms with Crippen molar-refractivity contribution in [1.82, 2.24) is 4.98 Å². The van der Waals surface area contributed by atoms with Crippen LogP contribution in [0.1, 0.15) is 40.0 Å². The van der Waals surface area contributed by atoms with Crippen LogP contribution in [0.15, 0.2) is 60.8 Å². The number of hydrogen-bond donors (Lipinski definition) is 1. The van der Waals surface area contributed by atoms with Gasteiger partial charge in [0, 0.05) is 18.4 Å². The fraction of sp³-hybridized carbons (Fsp3) is 0.217. The van der Waals surface area contributed by atoms with Crippen LogP contribution in [0, 0.1) is 12.7 Å². The van der Waals surface area contributed by atoms with E-state index in [4.69, 9.17) is 0 Å². The molecule has 0 fully saturated rings. The summed E-state index contributed by atoms with van der Waals surface area (Å²) in [6.45, 7) is 4.38. The van der Waals surface area contributed by atoms with Gasteiger partial charge in [-0.05, 0) is 61.2 Å². The van der Waals surface area contributed by atoms with E-state index in [-0.39, 0.29) is 17.8 Å². The summed E-state index contributed by atoms with van der Waals surface area (Å²) < 4.78 is 13.8. The highest BCUT2D eigenvalue weighted by molar-refractivity contribution is 6.07. The minimum absolute atomic E-state index is 0.0438. The zero-order valence-electron chi connectivity index (χ0n) is 15.9. The van der Waals surface area contributed by atoms with Gasteiger partial charge < -0.3 is 10.2 Å². The average molecular weight is 375 g/mol. The number of carbonyl (C=O) groups is 1. The number of carbonyl (C=O) groups excluding carboxylic acids is 1. The lowest BCUT2D eigenvalue weighted by Crippen LogP contribution is -2.29. The van der Waals surface area contributed by atoms with Crippen LogP contribution in [0.2, 0.25) is 0 Å². The normalized spacial score (nSPS) is 13.9. The quantitative estimate of drug-likeness (QED) is 0.705. The summed E-state index contributed by atoms with van der Waals surface area (Å²) in [6, 6.07) is 16.7. The highest BCUT2D eigenvalue weighted by Crippen LogP contribution is 2.29. The van der Waals surface area contributed by atoms with E-state index >= 15 is 0 Å². The lowest BCUT2D eigenvalue weighted by atomic mass is 10.1. The molecule has 0 radical (unpaired) electrons. The molecule has 0 saturated carbocycles. The summed E-state index contributed by atoms with van der Waals surface area (Å²) in [6.07, 6.45) is 2.47. The number of halogens is 1. The molecule has 142 valence electrons. The molecule has 1 atom stereocenters. The molecule has 2 aromatic carbocycles. The minimum atomic E-state index is -0.217. The number of fused-ring (bicyclic) bond motifs is 1. The fourth-order valence-electron chi connectivity index (χ4n) is 3.49. The van der Waals surface area contributed by atoms with Crippen molar-refractivity contribution in [2.24, 2.45) is 0 Å². The van der Waals surface area contributed by atoms with E-state index in [9.17, 15) is 9.18 Å². The van der Waals surface area contributed by atoms with Crippen molar-refractivity contribution in [2.75, 3.05) is 16.8 Å². The number of nitrogens with zero attached hydrogens (tertiary/aromatic N) is 2. The van der Waals surface area contributed by atoms with Gasteiger partial charge in [0.1, 0.15) is 11.6 Å². The monoisotopic (exact) mass is 375 g/mol. The van der Waals surface area contributed by atoms with E-state index in [0.29, 0.717) is 23.5 Å². The number of pyridine rings is 1. The largest absolute Gasteiger partial charge is 0.364 e. The van der Waals surface area contributed by atoms with Crippen LogP contribution >= 0.6 is 0 Å². The fourth-order valence-corrected chi connectivity index (χ4v) is 3.49. The van der Waals surface area contributed by atoms with E-state index in [2.05, 4.69) is 16.4 Å². The summed E-state index contributed by atoms with van der Waals surface area (Å²) >= 11 is 0. The Morgan fingerprint density at radius 3 is 2.75 bits per heavy atom. The molecule has 2 heterocycles. The number of aromatic nitrogens is 1. The van der Waals surface area contributed by atoms with Gasteiger partial charge in [0.25, 0.3) is 5.91 Å². The van der Waals surface area contributed by atoms with Crippen LogP contribution < -0.4 is 10.2 Å². The van der Waals surface area contributed by atoms with Gasteiger partial charge in [0.15, 0.2) is 0 Å². The van der Waals surface area contributed by atoms with Gasteiger partial charge >= 0.3 is 0 Å². The van der Waals surface area contributed by atoms with Gasteiger partial charge in [-0.3, -0.25) is 4.79 Å². The molecule has 4 rings (SSSR count). The Kier molecular flexibility index (Phi) is 4.82. The van der Waals surface area contributed by atoms with Gasteiger partial charge in [-0.15, -0.1) is 0 Å². The average Bonchev–Trinajstić information content (AvgIpc) is 3.14. The summed E-state index contributed by atoms with van der Waals surface area (Å²) in [5, 5.41) is 3.25. The van der Waals surface area contributed by atoms with Gasteiger partial charge in [0.05, 0.1) is 11.6 Å². The second-order valence-electron chi connectivity index (χ2n) is 7.14. The van der Waals surface area contributed by atoms with E-state index < -0.39 is 0 Å². The Bertz CT molecular complexity index is 1020. The minimum Gasteiger partial charge on any atom is -0.364 e. The second-order valence-corrected chi connectivity index (χ2v) is 7.14. The number of rotatable bonds is 4. The number of para-hydroxylation sites is 1. The number of hydrogen-bond acceptors (Lipinski definition) is 3. The predicted molar refractivity (Wildman–Crippen MR) is 109 cm³/mol.